The number of aryl methyl sites for hydroxylation is 2. The van der Waals surface area contributed by atoms with Gasteiger partial charge >= 0.3 is 11.8 Å². The molecule has 3 heterocycles. The molecule has 1 aliphatic heterocycles. The lowest BCUT2D eigenvalue weighted by molar-refractivity contribution is 0.0908. The van der Waals surface area contributed by atoms with E-state index in [-0.39, 0.29) is 11.8 Å². The first-order chi connectivity index (χ1) is 13.1. The van der Waals surface area contributed by atoms with Crippen LogP contribution >= 0.6 is 0 Å². The molecule has 0 radical (unpaired) electrons. The SMILES string of the molecule is Cc1ccc2oc(-c3noc(C(=O)NCCCN4CCCC4)n3)c(C)c2c1. The molecule has 142 valence electrons. The van der Waals surface area contributed by atoms with E-state index >= 15 is 0 Å². The minimum Gasteiger partial charge on any atom is -0.452 e. The fourth-order valence-corrected chi connectivity index (χ4v) is 3.54. The standard InChI is InChI=1S/C20H24N4O3/c1-13-6-7-16-15(12-13)14(2)17(26-16)18-22-20(27-23-18)19(25)21-8-5-11-24-9-3-4-10-24/h6-7,12H,3-5,8-11H2,1-2H3,(H,21,25). The summed E-state index contributed by atoms with van der Waals surface area (Å²) in [5.74, 6) is 0.443. The van der Waals surface area contributed by atoms with Crippen molar-refractivity contribution in [3.63, 3.8) is 0 Å². The second-order valence-electron chi connectivity index (χ2n) is 7.14. The Morgan fingerprint density at radius 1 is 1.26 bits per heavy atom. The highest BCUT2D eigenvalue weighted by Gasteiger charge is 2.21. The Labute approximate surface area is 157 Å². The normalized spacial score (nSPS) is 14.9. The largest absolute Gasteiger partial charge is 0.452 e. The third kappa shape index (κ3) is 3.73. The van der Waals surface area contributed by atoms with Crippen LogP contribution in [0.1, 0.15) is 41.1 Å². The summed E-state index contributed by atoms with van der Waals surface area (Å²) < 4.78 is 11.0. The number of furan rings is 1. The Hall–Kier alpha value is -2.67. The number of nitrogens with one attached hydrogen (secondary N) is 1. The molecule has 0 saturated carbocycles. The quantitative estimate of drug-likeness (QED) is 0.672. The molecular formula is C20H24N4O3. The first-order valence-electron chi connectivity index (χ1n) is 9.46. The average Bonchev–Trinajstić information content (AvgIpc) is 3.39. The van der Waals surface area contributed by atoms with Crippen molar-refractivity contribution < 1.29 is 13.7 Å². The third-order valence-corrected chi connectivity index (χ3v) is 5.05. The molecule has 0 spiro atoms. The van der Waals surface area contributed by atoms with Gasteiger partial charge in [0.15, 0.2) is 5.76 Å². The lowest BCUT2D eigenvalue weighted by Crippen LogP contribution is -2.28. The summed E-state index contributed by atoms with van der Waals surface area (Å²) >= 11 is 0. The predicted octanol–water partition coefficient (Wildman–Crippen LogP) is 3.32. The maximum Gasteiger partial charge on any atom is 0.316 e. The molecule has 4 rings (SSSR count). The highest BCUT2D eigenvalue weighted by Crippen LogP contribution is 2.31. The summed E-state index contributed by atoms with van der Waals surface area (Å²) in [7, 11) is 0. The molecule has 0 unspecified atom stereocenters. The maximum atomic E-state index is 12.2. The van der Waals surface area contributed by atoms with Crippen molar-refractivity contribution in [3.8, 4) is 11.6 Å². The number of likely N-dealkylation sites (tertiary alicyclic amines) is 1. The Morgan fingerprint density at radius 2 is 2.07 bits per heavy atom. The molecule has 7 nitrogen and oxygen atoms in total. The van der Waals surface area contributed by atoms with Crippen molar-refractivity contribution in [1.82, 2.24) is 20.4 Å². The van der Waals surface area contributed by atoms with Gasteiger partial charge in [0, 0.05) is 17.5 Å². The molecule has 1 saturated heterocycles. The zero-order valence-electron chi connectivity index (χ0n) is 15.7. The van der Waals surface area contributed by atoms with Gasteiger partial charge in [0.05, 0.1) is 0 Å². The molecular weight excluding hydrogens is 344 g/mol. The molecule has 1 amide bonds. The fraction of sp³-hybridized carbons (Fsp3) is 0.450. The summed E-state index contributed by atoms with van der Waals surface area (Å²) in [6.45, 7) is 7.92. The minimum absolute atomic E-state index is 0.0396. The monoisotopic (exact) mass is 368 g/mol. The van der Waals surface area contributed by atoms with Gasteiger partial charge in [0.25, 0.3) is 0 Å². The van der Waals surface area contributed by atoms with Crippen molar-refractivity contribution in [3.05, 3.63) is 35.2 Å². The van der Waals surface area contributed by atoms with Gasteiger partial charge in [0.2, 0.25) is 5.82 Å². The zero-order valence-corrected chi connectivity index (χ0v) is 15.7. The molecule has 0 bridgehead atoms. The van der Waals surface area contributed by atoms with Gasteiger partial charge in [-0.1, -0.05) is 16.8 Å². The second kappa shape index (κ2) is 7.52. The van der Waals surface area contributed by atoms with E-state index in [9.17, 15) is 4.79 Å². The van der Waals surface area contributed by atoms with E-state index in [2.05, 4.69) is 26.4 Å². The Kier molecular flexibility index (Phi) is 4.94. The van der Waals surface area contributed by atoms with Crippen LogP contribution < -0.4 is 5.32 Å². The molecule has 1 aromatic carbocycles. The van der Waals surface area contributed by atoms with Crippen LogP contribution in [0.4, 0.5) is 0 Å². The number of nitrogens with zero attached hydrogens (tertiary/aromatic N) is 3. The summed E-state index contributed by atoms with van der Waals surface area (Å²) in [4.78, 5) is 18.9. The molecule has 27 heavy (non-hydrogen) atoms. The van der Waals surface area contributed by atoms with Crippen LogP contribution in [0.25, 0.3) is 22.6 Å². The number of benzene rings is 1. The number of fused-ring (bicyclic) bond motifs is 1. The highest BCUT2D eigenvalue weighted by atomic mass is 16.5. The molecule has 3 aromatic rings. The van der Waals surface area contributed by atoms with Crippen LogP contribution in [0.3, 0.4) is 0 Å². The van der Waals surface area contributed by atoms with E-state index in [1.807, 2.05) is 26.0 Å². The van der Waals surface area contributed by atoms with Gasteiger partial charge in [-0.3, -0.25) is 4.79 Å². The van der Waals surface area contributed by atoms with Gasteiger partial charge in [-0.25, -0.2) is 0 Å². The number of carbonyl (C=O) groups excluding carboxylic acids is 1. The number of carbonyl (C=O) groups is 1. The first kappa shape index (κ1) is 17.7. The summed E-state index contributed by atoms with van der Waals surface area (Å²) in [6, 6.07) is 5.98. The molecule has 0 atom stereocenters. The van der Waals surface area contributed by atoms with Crippen molar-refractivity contribution in [2.75, 3.05) is 26.2 Å². The first-order valence-corrected chi connectivity index (χ1v) is 9.46. The van der Waals surface area contributed by atoms with E-state index < -0.39 is 0 Å². The summed E-state index contributed by atoms with van der Waals surface area (Å²) in [5.41, 5.74) is 2.86. The molecule has 1 N–H and O–H groups in total. The second-order valence-corrected chi connectivity index (χ2v) is 7.14. The molecule has 7 heteroatoms. The van der Waals surface area contributed by atoms with Crippen LogP contribution in [-0.2, 0) is 0 Å². The van der Waals surface area contributed by atoms with Crippen molar-refractivity contribution in [2.45, 2.75) is 33.1 Å². The zero-order chi connectivity index (χ0) is 18.8. The summed E-state index contributed by atoms with van der Waals surface area (Å²) in [6.07, 6.45) is 3.46. The average molecular weight is 368 g/mol. The van der Waals surface area contributed by atoms with Crippen LogP contribution in [0.2, 0.25) is 0 Å². The summed E-state index contributed by atoms with van der Waals surface area (Å²) in [5, 5.41) is 7.79. The van der Waals surface area contributed by atoms with E-state index in [4.69, 9.17) is 8.94 Å². The van der Waals surface area contributed by atoms with Gasteiger partial charge in [-0.05, 0) is 64.9 Å². The predicted molar refractivity (Wildman–Crippen MR) is 102 cm³/mol. The van der Waals surface area contributed by atoms with Crippen LogP contribution in [0, 0.1) is 13.8 Å². The highest BCUT2D eigenvalue weighted by molar-refractivity contribution is 5.90. The van der Waals surface area contributed by atoms with Gasteiger partial charge in [-0.15, -0.1) is 0 Å². The number of aromatic nitrogens is 2. The van der Waals surface area contributed by atoms with Crippen LogP contribution in [0.15, 0.2) is 27.1 Å². The van der Waals surface area contributed by atoms with E-state index in [0.29, 0.717) is 18.1 Å². The van der Waals surface area contributed by atoms with Gasteiger partial charge in [0.1, 0.15) is 5.58 Å². The van der Waals surface area contributed by atoms with E-state index in [1.165, 1.54) is 12.8 Å². The molecule has 1 aliphatic rings. The van der Waals surface area contributed by atoms with E-state index in [1.54, 1.807) is 0 Å². The van der Waals surface area contributed by atoms with Crippen molar-refractivity contribution in [1.29, 1.82) is 0 Å². The Bertz CT molecular complexity index is 953. The lowest BCUT2D eigenvalue weighted by Gasteiger charge is -2.13. The van der Waals surface area contributed by atoms with Crippen molar-refractivity contribution in [2.24, 2.45) is 0 Å². The number of amides is 1. The van der Waals surface area contributed by atoms with Crippen LogP contribution in [-0.4, -0.2) is 47.1 Å². The maximum absolute atomic E-state index is 12.2. The molecule has 1 fully saturated rings. The van der Waals surface area contributed by atoms with Crippen molar-refractivity contribution >= 4 is 16.9 Å². The smallest absolute Gasteiger partial charge is 0.316 e. The number of hydrogen-bond donors (Lipinski definition) is 1. The topological polar surface area (TPSA) is 84.4 Å². The van der Waals surface area contributed by atoms with E-state index in [0.717, 1.165) is 48.2 Å². The Balaban J connectivity index is 1.40. The van der Waals surface area contributed by atoms with Gasteiger partial charge in [-0.2, -0.15) is 4.98 Å². The van der Waals surface area contributed by atoms with Gasteiger partial charge < -0.3 is 19.2 Å². The number of rotatable bonds is 6. The number of hydrogen-bond acceptors (Lipinski definition) is 6. The lowest BCUT2D eigenvalue weighted by atomic mass is 10.1. The molecule has 0 aliphatic carbocycles. The Morgan fingerprint density at radius 3 is 2.89 bits per heavy atom. The third-order valence-electron chi connectivity index (χ3n) is 5.05. The minimum atomic E-state index is -0.347. The fourth-order valence-electron chi connectivity index (χ4n) is 3.54. The molecule has 2 aromatic heterocycles. The van der Waals surface area contributed by atoms with Crippen LogP contribution in [0.5, 0.6) is 0 Å².